The normalized spacial score (nSPS) is 11.5. The first-order valence-electron chi connectivity index (χ1n) is 17.7. The highest BCUT2D eigenvalue weighted by molar-refractivity contribution is 9.11. The Morgan fingerprint density at radius 3 is 1.77 bits per heavy atom. The number of methoxy groups -OCH3 is 2. The molecule has 276 valence electrons. The van der Waals surface area contributed by atoms with E-state index in [-0.39, 0.29) is 0 Å². The van der Waals surface area contributed by atoms with E-state index in [1.807, 2.05) is 20.0 Å². The van der Waals surface area contributed by atoms with Crippen molar-refractivity contribution in [1.29, 1.82) is 0 Å². The molecule has 0 radical (unpaired) electrons. The van der Waals surface area contributed by atoms with E-state index in [1.165, 1.54) is 11.1 Å². The van der Waals surface area contributed by atoms with Gasteiger partial charge in [0, 0.05) is 66.0 Å². The molecule has 0 unspecified atom stereocenters. The van der Waals surface area contributed by atoms with Gasteiger partial charge in [-0.25, -0.2) is 9.97 Å². The lowest BCUT2D eigenvalue weighted by molar-refractivity contribution is 0.188. The number of fused-ring (bicyclic) bond motifs is 2. The fourth-order valence-electron chi connectivity index (χ4n) is 5.97. The zero-order valence-corrected chi connectivity index (χ0v) is 34.8. The lowest BCUT2D eigenvalue weighted by Gasteiger charge is -2.23. The number of nitrogens with zero attached hydrogens (tertiary/aromatic N) is 7. The summed E-state index contributed by atoms with van der Waals surface area (Å²) in [6.07, 6.45) is 4.08. The molecule has 2 aromatic carbocycles. The first kappa shape index (κ1) is 39.4. The molecule has 0 aliphatic carbocycles. The minimum Gasteiger partial charge on any atom is -0.383 e. The van der Waals surface area contributed by atoms with Gasteiger partial charge in [0.2, 0.25) is 11.9 Å². The molecule has 4 heterocycles. The van der Waals surface area contributed by atoms with Crippen LogP contribution in [0.25, 0.3) is 22.1 Å². The summed E-state index contributed by atoms with van der Waals surface area (Å²) in [5.41, 5.74) is 8.44. The zero-order chi connectivity index (χ0) is 37.5. The van der Waals surface area contributed by atoms with Crippen LogP contribution in [0.4, 0.5) is 23.3 Å². The minimum absolute atomic E-state index is 0.490. The fourth-order valence-corrected chi connectivity index (χ4v) is 7.07. The summed E-state index contributed by atoms with van der Waals surface area (Å²) in [7, 11) is 3.42. The molecule has 0 saturated heterocycles. The number of aryl methyl sites for hydroxylation is 2. The van der Waals surface area contributed by atoms with E-state index >= 15 is 0 Å². The maximum Gasteiger partial charge on any atom is 0.232 e. The molecule has 1 N–H and O–H groups in total. The molecule has 0 amide bonds. The fraction of sp³-hybridized carbons (Fsp3) is 0.400. The van der Waals surface area contributed by atoms with Crippen LogP contribution in [0.5, 0.6) is 0 Å². The van der Waals surface area contributed by atoms with Crippen molar-refractivity contribution < 1.29 is 9.47 Å². The Bertz CT molecular complexity index is 2120. The van der Waals surface area contributed by atoms with Crippen molar-refractivity contribution in [3.8, 4) is 0 Å². The maximum absolute atomic E-state index is 5.23. The van der Waals surface area contributed by atoms with Gasteiger partial charge in [0.05, 0.1) is 36.0 Å². The minimum atomic E-state index is 0.490. The van der Waals surface area contributed by atoms with E-state index in [9.17, 15) is 0 Å². The molecule has 12 heteroatoms. The van der Waals surface area contributed by atoms with Crippen LogP contribution in [0.2, 0.25) is 0 Å². The summed E-state index contributed by atoms with van der Waals surface area (Å²) in [6, 6.07) is 17.0. The molecule has 6 rings (SSSR count). The van der Waals surface area contributed by atoms with Crippen molar-refractivity contribution in [1.82, 2.24) is 29.1 Å². The van der Waals surface area contributed by atoms with Gasteiger partial charge in [0.15, 0.2) is 0 Å². The average molecular weight is 835 g/mol. The summed E-state index contributed by atoms with van der Waals surface area (Å²) in [5.74, 6) is 2.30. The second kappa shape index (κ2) is 17.8. The molecule has 10 nitrogen and oxygen atoms in total. The van der Waals surface area contributed by atoms with Gasteiger partial charge in [0.1, 0.15) is 11.3 Å². The van der Waals surface area contributed by atoms with E-state index < -0.39 is 0 Å². The molecule has 52 heavy (non-hydrogen) atoms. The second-order valence-electron chi connectivity index (χ2n) is 13.3. The van der Waals surface area contributed by atoms with Gasteiger partial charge in [-0.05, 0) is 112 Å². The first-order chi connectivity index (χ1) is 24.9. The largest absolute Gasteiger partial charge is 0.383 e. The van der Waals surface area contributed by atoms with Crippen LogP contribution in [-0.2, 0) is 22.6 Å². The Labute approximate surface area is 324 Å². The SMILES string of the molecule is CCN(c1nc(C)c2ccn(CCOC)c2n1)c1ccc(C(C)C)cc1Br.COCCn1ccc2c(C)nc(Nc3ccc(C(C)C)cc3Br)nc21. The molecular weight excluding hydrogens is 784 g/mol. The third kappa shape index (κ3) is 9.02. The van der Waals surface area contributed by atoms with Crippen molar-refractivity contribution in [2.75, 3.05) is 44.2 Å². The van der Waals surface area contributed by atoms with Gasteiger partial charge in [-0.3, -0.25) is 0 Å². The van der Waals surface area contributed by atoms with Crippen LogP contribution in [0.15, 0.2) is 69.9 Å². The van der Waals surface area contributed by atoms with Gasteiger partial charge in [-0.1, -0.05) is 39.8 Å². The van der Waals surface area contributed by atoms with Gasteiger partial charge in [0.25, 0.3) is 0 Å². The zero-order valence-electron chi connectivity index (χ0n) is 31.7. The summed E-state index contributed by atoms with van der Waals surface area (Å²) >= 11 is 7.39. The summed E-state index contributed by atoms with van der Waals surface area (Å²) in [4.78, 5) is 21.1. The predicted octanol–water partition coefficient (Wildman–Crippen LogP) is 10.4. The maximum atomic E-state index is 5.23. The molecule has 0 spiro atoms. The number of aromatic nitrogens is 6. The standard InChI is InChI=1S/C21H27BrN4O.C19H23BrN4O/c1-6-26(19-8-7-16(14(2)3)13-18(19)22)21-23-15(4)17-9-10-25(11-12-27-5)20(17)24-21;1-12(2)14-5-6-17(16(20)11-14)22-19-21-13(3)15-7-8-24(9-10-25-4)18(15)23-19/h7-10,13-14H,6,11-12H2,1-5H3;5-8,11-12H,9-10H2,1-4H3,(H,21,22,23). The summed E-state index contributed by atoms with van der Waals surface area (Å²) in [5, 5.41) is 5.48. The van der Waals surface area contributed by atoms with Crippen LogP contribution in [0.3, 0.4) is 0 Å². The van der Waals surface area contributed by atoms with E-state index in [0.717, 1.165) is 79.4 Å². The Morgan fingerprint density at radius 1 is 0.712 bits per heavy atom. The number of hydrogen-bond acceptors (Lipinski definition) is 8. The second-order valence-corrected chi connectivity index (χ2v) is 15.1. The van der Waals surface area contributed by atoms with Crippen molar-refractivity contribution in [3.63, 3.8) is 0 Å². The lowest BCUT2D eigenvalue weighted by Crippen LogP contribution is -2.20. The molecule has 6 aromatic rings. The number of anilines is 4. The van der Waals surface area contributed by atoms with Crippen LogP contribution >= 0.6 is 31.9 Å². The molecule has 4 aromatic heterocycles. The van der Waals surface area contributed by atoms with E-state index in [2.05, 4.69) is 146 Å². The van der Waals surface area contributed by atoms with Crippen LogP contribution in [0.1, 0.15) is 69.0 Å². The van der Waals surface area contributed by atoms with Gasteiger partial charge in [-0.2, -0.15) is 9.97 Å². The summed E-state index contributed by atoms with van der Waals surface area (Å²) in [6.45, 7) is 18.6. The van der Waals surface area contributed by atoms with Gasteiger partial charge in [-0.15, -0.1) is 0 Å². The molecular formula is C40H50Br2N8O2. The van der Waals surface area contributed by atoms with Gasteiger partial charge >= 0.3 is 0 Å². The third-order valence-electron chi connectivity index (χ3n) is 9.07. The van der Waals surface area contributed by atoms with E-state index in [4.69, 9.17) is 24.4 Å². The van der Waals surface area contributed by atoms with E-state index in [0.29, 0.717) is 31.0 Å². The average Bonchev–Trinajstić information content (AvgIpc) is 3.73. The van der Waals surface area contributed by atoms with E-state index in [1.54, 1.807) is 14.2 Å². The summed E-state index contributed by atoms with van der Waals surface area (Å²) < 4.78 is 16.7. The smallest absolute Gasteiger partial charge is 0.232 e. The molecule has 0 aliphatic heterocycles. The molecule has 0 bridgehead atoms. The van der Waals surface area contributed by atoms with Crippen molar-refractivity contribution in [2.24, 2.45) is 0 Å². The topological polar surface area (TPSA) is 95.2 Å². The van der Waals surface area contributed by atoms with Crippen molar-refractivity contribution >= 4 is 77.2 Å². The molecule has 0 atom stereocenters. The first-order valence-corrected chi connectivity index (χ1v) is 19.3. The van der Waals surface area contributed by atoms with Crippen molar-refractivity contribution in [3.05, 3.63) is 92.4 Å². The third-order valence-corrected chi connectivity index (χ3v) is 10.4. The highest BCUT2D eigenvalue weighted by Gasteiger charge is 2.18. The number of hydrogen-bond donors (Lipinski definition) is 1. The van der Waals surface area contributed by atoms with Gasteiger partial charge < -0.3 is 28.8 Å². The van der Waals surface area contributed by atoms with Crippen LogP contribution in [0, 0.1) is 13.8 Å². The lowest BCUT2D eigenvalue weighted by atomic mass is 10.0. The Morgan fingerprint density at radius 2 is 1.25 bits per heavy atom. The molecule has 0 saturated carbocycles. The highest BCUT2D eigenvalue weighted by Crippen LogP contribution is 2.34. The number of halogens is 2. The molecule has 0 aliphatic rings. The highest BCUT2D eigenvalue weighted by atomic mass is 79.9. The van der Waals surface area contributed by atoms with Crippen LogP contribution < -0.4 is 10.2 Å². The monoisotopic (exact) mass is 832 g/mol. The van der Waals surface area contributed by atoms with Crippen molar-refractivity contribution in [2.45, 2.75) is 73.4 Å². The Hall–Kier alpha value is -3.84. The number of benzene rings is 2. The predicted molar refractivity (Wildman–Crippen MR) is 221 cm³/mol. The Balaban J connectivity index is 0.000000202. The Kier molecular flexibility index (Phi) is 13.5. The van der Waals surface area contributed by atoms with Crippen LogP contribution in [-0.4, -0.2) is 63.0 Å². The quantitative estimate of drug-likeness (QED) is 0.123. The molecule has 0 fully saturated rings. The number of nitrogens with one attached hydrogen (secondary N) is 1. The number of ether oxygens (including phenoxy) is 2. The number of rotatable bonds is 13.